The summed E-state index contributed by atoms with van der Waals surface area (Å²) < 4.78 is 0. The molecule has 118 valence electrons. The van der Waals surface area contributed by atoms with E-state index in [0.29, 0.717) is 18.1 Å². The van der Waals surface area contributed by atoms with Crippen LogP contribution in [-0.2, 0) is 17.9 Å². The number of benzene rings is 2. The van der Waals surface area contributed by atoms with Crippen LogP contribution in [0.1, 0.15) is 28.2 Å². The molecule has 0 saturated carbocycles. The van der Waals surface area contributed by atoms with E-state index in [1.165, 1.54) is 11.6 Å². The molecule has 3 nitrogen and oxygen atoms in total. The van der Waals surface area contributed by atoms with Crippen molar-refractivity contribution in [1.29, 1.82) is 0 Å². The van der Waals surface area contributed by atoms with Gasteiger partial charge in [-0.2, -0.15) is 0 Å². The summed E-state index contributed by atoms with van der Waals surface area (Å²) in [6.45, 7) is 4.73. The van der Waals surface area contributed by atoms with Crippen LogP contribution in [0.4, 0.5) is 0 Å². The van der Waals surface area contributed by atoms with Gasteiger partial charge < -0.3 is 10.0 Å². The van der Waals surface area contributed by atoms with E-state index in [1.54, 1.807) is 4.90 Å². The van der Waals surface area contributed by atoms with Crippen molar-refractivity contribution in [2.24, 2.45) is 0 Å². The van der Waals surface area contributed by atoms with E-state index in [1.807, 2.05) is 36.4 Å². The molecule has 1 heterocycles. The van der Waals surface area contributed by atoms with Gasteiger partial charge >= 0.3 is 0 Å². The van der Waals surface area contributed by atoms with Crippen molar-refractivity contribution in [2.75, 3.05) is 6.54 Å². The van der Waals surface area contributed by atoms with Crippen LogP contribution in [0.25, 0.3) is 0 Å². The Morgan fingerprint density at radius 3 is 2.70 bits per heavy atom. The summed E-state index contributed by atoms with van der Waals surface area (Å²) in [6.07, 6.45) is 1.35. The van der Waals surface area contributed by atoms with Gasteiger partial charge in [-0.1, -0.05) is 48.5 Å². The van der Waals surface area contributed by atoms with E-state index in [0.717, 1.165) is 16.7 Å². The van der Waals surface area contributed by atoms with Gasteiger partial charge in [0.25, 0.3) is 0 Å². The molecule has 0 fully saturated rings. The van der Waals surface area contributed by atoms with Crippen molar-refractivity contribution in [3.05, 3.63) is 82.4 Å². The van der Waals surface area contributed by atoms with Gasteiger partial charge in [0.05, 0.1) is 6.61 Å². The van der Waals surface area contributed by atoms with Crippen LogP contribution >= 0.6 is 11.6 Å². The summed E-state index contributed by atoms with van der Waals surface area (Å²) in [5, 5.41) is 10.1. The zero-order valence-corrected chi connectivity index (χ0v) is 13.5. The molecule has 2 aromatic carbocycles. The van der Waals surface area contributed by atoms with Crippen LogP contribution in [-0.4, -0.2) is 22.5 Å². The fraction of sp³-hybridized carbons (Fsp3) is 0.211. The summed E-state index contributed by atoms with van der Waals surface area (Å²) in [5.41, 5.74) is 4.23. The van der Waals surface area contributed by atoms with Gasteiger partial charge in [-0.3, -0.25) is 4.79 Å². The van der Waals surface area contributed by atoms with E-state index in [9.17, 15) is 9.90 Å². The highest BCUT2D eigenvalue weighted by Gasteiger charge is 2.28. The van der Waals surface area contributed by atoms with Crippen molar-refractivity contribution in [1.82, 2.24) is 4.90 Å². The molecule has 23 heavy (non-hydrogen) atoms. The number of hydrogen-bond acceptors (Lipinski definition) is 2. The molecule has 0 bridgehead atoms. The molecule has 3 rings (SSSR count). The third-order valence-electron chi connectivity index (χ3n) is 4.29. The standard InChI is InChI=1S/C19H18ClNO2/c1-2-19(23)21-10-15-9-13(12-22)3-8-17(15)18(11-21)14-4-6-16(20)7-5-14/h2-9,18,22H,1,10-12H2/t18-/m0/s1. The molecule has 0 aromatic heterocycles. The van der Waals surface area contributed by atoms with E-state index in [2.05, 4.69) is 12.6 Å². The Labute approximate surface area is 140 Å². The maximum absolute atomic E-state index is 12.1. The molecular formula is C19H18ClNO2. The third kappa shape index (κ3) is 3.16. The Hall–Kier alpha value is -2.10. The number of carbonyl (C=O) groups excluding carboxylic acids is 1. The molecule has 1 amide bonds. The SMILES string of the molecule is C=CC(=O)N1Cc2cc(CO)ccc2[C@H](c2ccc(Cl)cc2)C1. The van der Waals surface area contributed by atoms with Crippen LogP contribution < -0.4 is 0 Å². The lowest BCUT2D eigenvalue weighted by atomic mass is 9.84. The summed E-state index contributed by atoms with van der Waals surface area (Å²) in [6, 6.07) is 13.7. The predicted octanol–water partition coefficient (Wildman–Crippen LogP) is 3.49. The van der Waals surface area contributed by atoms with Crippen LogP contribution in [0.2, 0.25) is 5.02 Å². The number of aliphatic hydroxyl groups is 1. The summed E-state index contributed by atoms with van der Waals surface area (Å²) >= 11 is 5.99. The van der Waals surface area contributed by atoms with Gasteiger partial charge in [-0.05, 0) is 40.5 Å². The van der Waals surface area contributed by atoms with Crippen molar-refractivity contribution >= 4 is 17.5 Å². The molecule has 0 aliphatic carbocycles. The van der Waals surface area contributed by atoms with Crippen LogP contribution in [0.5, 0.6) is 0 Å². The first-order valence-corrected chi connectivity index (χ1v) is 7.89. The minimum atomic E-state index is -0.0796. The molecule has 1 atom stereocenters. The largest absolute Gasteiger partial charge is 0.392 e. The molecule has 1 aliphatic rings. The maximum Gasteiger partial charge on any atom is 0.246 e. The van der Waals surface area contributed by atoms with Gasteiger partial charge in [-0.15, -0.1) is 0 Å². The Morgan fingerprint density at radius 1 is 1.30 bits per heavy atom. The third-order valence-corrected chi connectivity index (χ3v) is 4.54. The van der Waals surface area contributed by atoms with Crippen LogP contribution in [0.15, 0.2) is 55.1 Å². The van der Waals surface area contributed by atoms with Crippen molar-refractivity contribution in [3.63, 3.8) is 0 Å². The smallest absolute Gasteiger partial charge is 0.246 e. The highest BCUT2D eigenvalue weighted by atomic mass is 35.5. The van der Waals surface area contributed by atoms with Crippen LogP contribution in [0.3, 0.4) is 0 Å². The molecule has 1 N–H and O–H groups in total. The zero-order chi connectivity index (χ0) is 16.4. The fourth-order valence-corrected chi connectivity index (χ4v) is 3.23. The van der Waals surface area contributed by atoms with Crippen LogP contribution in [0, 0.1) is 0 Å². The maximum atomic E-state index is 12.1. The number of rotatable bonds is 3. The predicted molar refractivity (Wildman–Crippen MR) is 91.3 cm³/mol. The topological polar surface area (TPSA) is 40.5 Å². The number of nitrogens with zero attached hydrogens (tertiary/aromatic N) is 1. The molecule has 0 spiro atoms. The highest BCUT2D eigenvalue weighted by molar-refractivity contribution is 6.30. The highest BCUT2D eigenvalue weighted by Crippen LogP contribution is 2.34. The second-order valence-electron chi connectivity index (χ2n) is 5.72. The lowest BCUT2D eigenvalue weighted by molar-refractivity contribution is -0.127. The number of hydrogen-bond donors (Lipinski definition) is 1. The van der Waals surface area contributed by atoms with Crippen molar-refractivity contribution in [2.45, 2.75) is 19.1 Å². The van der Waals surface area contributed by atoms with E-state index < -0.39 is 0 Å². The lowest BCUT2D eigenvalue weighted by Crippen LogP contribution is -2.37. The van der Waals surface area contributed by atoms with Gasteiger partial charge in [0.15, 0.2) is 0 Å². The van der Waals surface area contributed by atoms with E-state index in [4.69, 9.17) is 11.6 Å². The Kier molecular flexibility index (Phi) is 4.51. The first kappa shape index (κ1) is 15.8. The second kappa shape index (κ2) is 6.57. The number of fused-ring (bicyclic) bond motifs is 1. The number of carbonyl (C=O) groups is 1. The minimum absolute atomic E-state index is 0.00566. The molecule has 2 aromatic rings. The van der Waals surface area contributed by atoms with Crippen molar-refractivity contribution in [3.8, 4) is 0 Å². The minimum Gasteiger partial charge on any atom is -0.392 e. The quantitative estimate of drug-likeness (QED) is 0.877. The summed E-state index contributed by atoms with van der Waals surface area (Å²) in [4.78, 5) is 13.9. The molecule has 0 unspecified atom stereocenters. The number of aliphatic hydroxyl groups excluding tert-OH is 1. The number of halogens is 1. The van der Waals surface area contributed by atoms with Gasteiger partial charge in [-0.25, -0.2) is 0 Å². The monoisotopic (exact) mass is 327 g/mol. The van der Waals surface area contributed by atoms with E-state index >= 15 is 0 Å². The van der Waals surface area contributed by atoms with Gasteiger partial charge in [0.1, 0.15) is 0 Å². The summed E-state index contributed by atoms with van der Waals surface area (Å²) in [5.74, 6) is 0.0108. The average Bonchev–Trinajstić information content (AvgIpc) is 2.60. The number of amides is 1. The molecular weight excluding hydrogens is 310 g/mol. The first-order valence-electron chi connectivity index (χ1n) is 7.51. The lowest BCUT2D eigenvalue weighted by Gasteiger charge is -2.35. The molecule has 0 radical (unpaired) electrons. The Morgan fingerprint density at radius 2 is 2.04 bits per heavy atom. The average molecular weight is 328 g/mol. The normalized spacial score (nSPS) is 16.8. The molecule has 0 saturated heterocycles. The molecule has 4 heteroatoms. The van der Waals surface area contributed by atoms with Crippen molar-refractivity contribution < 1.29 is 9.90 Å². The van der Waals surface area contributed by atoms with Gasteiger partial charge in [0.2, 0.25) is 5.91 Å². The molecule has 1 aliphatic heterocycles. The van der Waals surface area contributed by atoms with E-state index in [-0.39, 0.29) is 18.4 Å². The fourth-order valence-electron chi connectivity index (χ4n) is 3.10. The Balaban J connectivity index is 2.05. The Bertz CT molecular complexity index is 740. The van der Waals surface area contributed by atoms with Gasteiger partial charge in [0, 0.05) is 24.0 Å². The second-order valence-corrected chi connectivity index (χ2v) is 6.15. The zero-order valence-electron chi connectivity index (χ0n) is 12.7. The first-order chi connectivity index (χ1) is 11.1. The summed E-state index contributed by atoms with van der Waals surface area (Å²) in [7, 11) is 0.